The fourth-order valence-electron chi connectivity index (χ4n) is 1.83. The molecule has 0 spiro atoms. The molecule has 0 unspecified atom stereocenters. The lowest BCUT2D eigenvalue weighted by Crippen LogP contribution is -2.32. The number of nitrogens with two attached hydrogens (primary N) is 1. The maximum absolute atomic E-state index is 12.5. The van der Waals surface area contributed by atoms with Gasteiger partial charge in [-0.25, -0.2) is 0 Å². The van der Waals surface area contributed by atoms with Gasteiger partial charge in [0, 0.05) is 6.54 Å². The predicted molar refractivity (Wildman–Crippen MR) is 77.1 cm³/mol. The second-order valence-corrected chi connectivity index (χ2v) is 4.09. The number of nitrogens with zero attached hydrogens (tertiary/aromatic N) is 1. The predicted octanol–water partition coefficient (Wildman–Crippen LogP) is 2.15. The summed E-state index contributed by atoms with van der Waals surface area (Å²) in [5.74, 6) is 2.80. The monoisotopic (exact) mass is 260 g/mol. The van der Waals surface area contributed by atoms with E-state index in [9.17, 15) is 4.79 Å². The smallest absolute Gasteiger partial charge is 0.258 e. The zero-order chi connectivity index (χ0) is 14.3. The van der Waals surface area contributed by atoms with Crippen LogP contribution in [-0.2, 0) is 0 Å². The molecule has 19 heavy (non-hydrogen) atoms. The maximum Gasteiger partial charge on any atom is 0.258 e. The first-order valence-electron chi connectivity index (χ1n) is 6.39. The number of carbonyl (C=O) groups excluding carboxylic acids is 1. The van der Waals surface area contributed by atoms with Crippen LogP contribution in [0.5, 0.6) is 5.75 Å². The minimum atomic E-state index is -0.143. The number of anilines is 1. The molecule has 0 saturated carbocycles. The lowest BCUT2D eigenvalue weighted by atomic mass is 10.1. The molecule has 0 aromatic heterocycles. The van der Waals surface area contributed by atoms with Gasteiger partial charge in [0.1, 0.15) is 0 Å². The summed E-state index contributed by atoms with van der Waals surface area (Å²) in [7, 11) is 0. The summed E-state index contributed by atoms with van der Waals surface area (Å²) in [6.07, 6.45) is 6.15. The number of rotatable bonds is 6. The third-order valence-electron chi connectivity index (χ3n) is 2.63. The number of ether oxygens (including phenoxy) is 1. The van der Waals surface area contributed by atoms with Crippen LogP contribution in [0.2, 0.25) is 0 Å². The summed E-state index contributed by atoms with van der Waals surface area (Å²) in [6.45, 7) is 5.21. The Kier molecular flexibility index (Phi) is 5.74. The van der Waals surface area contributed by atoms with Gasteiger partial charge in [-0.2, -0.15) is 0 Å². The van der Waals surface area contributed by atoms with Crippen molar-refractivity contribution in [1.29, 1.82) is 0 Å². The van der Waals surface area contributed by atoms with Crippen LogP contribution in [0.4, 0.5) is 5.69 Å². The second-order valence-electron chi connectivity index (χ2n) is 4.09. The van der Waals surface area contributed by atoms with Gasteiger partial charge in [0.2, 0.25) is 0 Å². The SMILES string of the molecule is C#CCN(CCC)C(=O)c1cccc(N)c1OCC. The second kappa shape index (κ2) is 7.32. The Bertz CT molecular complexity index is 478. The molecule has 0 aliphatic carbocycles. The zero-order valence-electron chi connectivity index (χ0n) is 11.5. The van der Waals surface area contributed by atoms with Gasteiger partial charge in [0.15, 0.2) is 5.75 Å². The van der Waals surface area contributed by atoms with Crippen LogP contribution in [-0.4, -0.2) is 30.5 Å². The summed E-state index contributed by atoms with van der Waals surface area (Å²) >= 11 is 0. The van der Waals surface area contributed by atoms with E-state index < -0.39 is 0 Å². The molecular weight excluding hydrogens is 240 g/mol. The van der Waals surface area contributed by atoms with E-state index in [1.165, 1.54) is 0 Å². The quantitative estimate of drug-likeness (QED) is 0.630. The average molecular weight is 260 g/mol. The standard InChI is InChI=1S/C15H20N2O2/c1-4-10-17(11-5-2)15(18)12-8-7-9-13(16)14(12)19-6-3/h1,7-9H,5-6,10-11,16H2,2-3H3. The molecule has 0 radical (unpaired) electrons. The number of hydrogen-bond acceptors (Lipinski definition) is 3. The molecule has 0 saturated heterocycles. The Labute approximate surface area is 114 Å². The summed E-state index contributed by atoms with van der Waals surface area (Å²) in [5, 5.41) is 0. The molecule has 1 rings (SSSR count). The normalized spacial score (nSPS) is 9.74. The largest absolute Gasteiger partial charge is 0.491 e. The van der Waals surface area contributed by atoms with Gasteiger partial charge < -0.3 is 15.4 Å². The van der Waals surface area contributed by atoms with Crippen LogP contribution < -0.4 is 10.5 Å². The molecule has 1 aromatic rings. The van der Waals surface area contributed by atoms with Crippen LogP contribution in [0, 0.1) is 12.3 Å². The van der Waals surface area contributed by atoms with E-state index in [0.717, 1.165) is 6.42 Å². The van der Waals surface area contributed by atoms with Crippen molar-refractivity contribution in [3.63, 3.8) is 0 Å². The van der Waals surface area contributed by atoms with E-state index in [1.54, 1.807) is 23.1 Å². The van der Waals surface area contributed by atoms with Crippen molar-refractivity contribution in [3.05, 3.63) is 23.8 Å². The van der Waals surface area contributed by atoms with E-state index in [1.807, 2.05) is 13.8 Å². The number of benzene rings is 1. The molecule has 0 heterocycles. The highest BCUT2D eigenvalue weighted by molar-refractivity contribution is 5.98. The van der Waals surface area contributed by atoms with Crippen molar-refractivity contribution in [1.82, 2.24) is 4.90 Å². The fraction of sp³-hybridized carbons (Fsp3) is 0.400. The van der Waals surface area contributed by atoms with Gasteiger partial charge in [0.05, 0.1) is 24.4 Å². The first-order valence-corrected chi connectivity index (χ1v) is 6.39. The Balaban J connectivity index is 3.10. The third-order valence-corrected chi connectivity index (χ3v) is 2.63. The van der Waals surface area contributed by atoms with Crippen LogP contribution in [0.25, 0.3) is 0 Å². The van der Waals surface area contributed by atoms with E-state index in [0.29, 0.717) is 30.2 Å². The highest BCUT2D eigenvalue weighted by atomic mass is 16.5. The van der Waals surface area contributed by atoms with E-state index in [2.05, 4.69) is 5.92 Å². The number of nitrogen functional groups attached to an aromatic ring is 1. The minimum Gasteiger partial charge on any atom is -0.491 e. The molecule has 2 N–H and O–H groups in total. The molecule has 0 bridgehead atoms. The molecule has 102 valence electrons. The van der Waals surface area contributed by atoms with Crippen molar-refractivity contribution in [2.75, 3.05) is 25.4 Å². The molecule has 4 heteroatoms. The molecule has 1 aromatic carbocycles. The number of para-hydroxylation sites is 1. The Morgan fingerprint density at radius 2 is 2.21 bits per heavy atom. The topological polar surface area (TPSA) is 55.6 Å². The molecular formula is C15H20N2O2. The van der Waals surface area contributed by atoms with Gasteiger partial charge in [-0.15, -0.1) is 6.42 Å². The third kappa shape index (κ3) is 3.65. The van der Waals surface area contributed by atoms with Crippen LogP contribution in [0.3, 0.4) is 0 Å². The Hall–Kier alpha value is -2.15. The van der Waals surface area contributed by atoms with Gasteiger partial charge in [-0.3, -0.25) is 4.79 Å². The number of terminal acetylenes is 1. The molecule has 0 atom stereocenters. The Morgan fingerprint density at radius 1 is 1.47 bits per heavy atom. The molecule has 0 aliphatic rings. The van der Waals surface area contributed by atoms with Crippen molar-refractivity contribution in [2.45, 2.75) is 20.3 Å². The van der Waals surface area contributed by atoms with Crippen LogP contribution in [0.15, 0.2) is 18.2 Å². The average Bonchev–Trinajstić information content (AvgIpc) is 2.40. The van der Waals surface area contributed by atoms with Crippen LogP contribution >= 0.6 is 0 Å². The van der Waals surface area contributed by atoms with Crippen molar-refractivity contribution >= 4 is 11.6 Å². The minimum absolute atomic E-state index is 0.143. The maximum atomic E-state index is 12.5. The number of carbonyl (C=O) groups is 1. The van der Waals surface area contributed by atoms with Gasteiger partial charge in [0.25, 0.3) is 5.91 Å². The zero-order valence-corrected chi connectivity index (χ0v) is 11.5. The van der Waals surface area contributed by atoms with Gasteiger partial charge >= 0.3 is 0 Å². The summed E-state index contributed by atoms with van der Waals surface area (Å²) in [4.78, 5) is 14.1. The highest BCUT2D eigenvalue weighted by Crippen LogP contribution is 2.27. The fourth-order valence-corrected chi connectivity index (χ4v) is 1.83. The lowest BCUT2D eigenvalue weighted by molar-refractivity contribution is 0.0773. The Morgan fingerprint density at radius 3 is 2.79 bits per heavy atom. The van der Waals surface area contributed by atoms with Crippen molar-refractivity contribution in [2.24, 2.45) is 0 Å². The lowest BCUT2D eigenvalue weighted by Gasteiger charge is -2.21. The van der Waals surface area contributed by atoms with Gasteiger partial charge in [-0.1, -0.05) is 18.9 Å². The molecule has 0 aliphatic heterocycles. The van der Waals surface area contributed by atoms with E-state index in [-0.39, 0.29) is 12.5 Å². The van der Waals surface area contributed by atoms with Crippen LogP contribution in [0.1, 0.15) is 30.6 Å². The van der Waals surface area contributed by atoms with Gasteiger partial charge in [-0.05, 0) is 25.5 Å². The summed E-state index contributed by atoms with van der Waals surface area (Å²) in [5.41, 5.74) is 6.78. The van der Waals surface area contributed by atoms with E-state index >= 15 is 0 Å². The summed E-state index contributed by atoms with van der Waals surface area (Å²) < 4.78 is 5.47. The molecule has 1 amide bonds. The molecule has 4 nitrogen and oxygen atoms in total. The first-order chi connectivity index (χ1) is 9.15. The van der Waals surface area contributed by atoms with Crippen molar-refractivity contribution in [3.8, 4) is 18.1 Å². The number of hydrogen-bond donors (Lipinski definition) is 1. The van der Waals surface area contributed by atoms with Crippen molar-refractivity contribution < 1.29 is 9.53 Å². The first kappa shape index (κ1) is 14.9. The molecule has 0 fully saturated rings. The van der Waals surface area contributed by atoms with E-state index in [4.69, 9.17) is 16.9 Å². The highest BCUT2D eigenvalue weighted by Gasteiger charge is 2.19. The summed E-state index contributed by atoms with van der Waals surface area (Å²) in [6, 6.07) is 5.17. The number of amides is 1.